The molecule has 3 rings (SSSR count). The molecule has 0 aliphatic carbocycles. The molecule has 0 aromatic heterocycles. The third-order valence-electron chi connectivity index (χ3n) is 3.35. The molecule has 0 spiro atoms. The summed E-state index contributed by atoms with van der Waals surface area (Å²) in [7, 11) is 0. The fraction of sp³-hybridized carbons (Fsp3) is 0.118. The molecule has 1 aliphatic rings. The van der Waals surface area contributed by atoms with Gasteiger partial charge in [0, 0.05) is 5.69 Å². The number of carbonyl (C=O) groups excluding carboxylic acids is 2. The minimum Gasteiger partial charge on any atom is -0.478 e. The van der Waals surface area contributed by atoms with Crippen LogP contribution in [0.25, 0.3) is 0 Å². The van der Waals surface area contributed by atoms with Crippen LogP contribution in [0.15, 0.2) is 48.5 Å². The quantitative estimate of drug-likeness (QED) is 0.910. The van der Waals surface area contributed by atoms with E-state index in [1.165, 1.54) is 0 Å². The Hall–Kier alpha value is -3.33. The van der Waals surface area contributed by atoms with Crippen LogP contribution in [0.4, 0.5) is 11.4 Å². The third-order valence-corrected chi connectivity index (χ3v) is 3.35. The topological polar surface area (TPSA) is 91.2 Å². The van der Waals surface area contributed by atoms with Crippen molar-refractivity contribution in [1.29, 1.82) is 5.26 Å². The second-order valence-electron chi connectivity index (χ2n) is 5.04. The molecule has 0 saturated carbocycles. The van der Waals surface area contributed by atoms with Crippen molar-refractivity contribution in [3.05, 3.63) is 54.1 Å². The highest BCUT2D eigenvalue weighted by Crippen LogP contribution is 2.29. The van der Waals surface area contributed by atoms with E-state index in [4.69, 9.17) is 10.00 Å². The van der Waals surface area contributed by atoms with E-state index in [1.807, 2.05) is 6.07 Å². The molecular formula is C17H13N3O3. The number of nitrogens with zero attached hydrogens (tertiary/aromatic N) is 1. The van der Waals surface area contributed by atoms with Crippen LogP contribution in [0, 0.1) is 11.3 Å². The highest BCUT2D eigenvalue weighted by atomic mass is 16.5. The minimum absolute atomic E-state index is 0.114. The maximum absolute atomic E-state index is 12.1. The molecule has 6 nitrogen and oxygen atoms in total. The molecule has 0 unspecified atom stereocenters. The van der Waals surface area contributed by atoms with E-state index < -0.39 is 6.10 Å². The van der Waals surface area contributed by atoms with Gasteiger partial charge in [-0.3, -0.25) is 9.59 Å². The molecule has 2 aromatic rings. The maximum atomic E-state index is 12.1. The van der Waals surface area contributed by atoms with Crippen molar-refractivity contribution in [2.75, 3.05) is 10.6 Å². The van der Waals surface area contributed by atoms with Gasteiger partial charge < -0.3 is 15.4 Å². The van der Waals surface area contributed by atoms with Gasteiger partial charge in [0.1, 0.15) is 5.75 Å². The molecule has 1 atom stereocenters. The highest BCUT2D eigenvalue weighted by molar-refractivity contribution is 6.01. The normalized spacial score (nSPS) is 15.6. The van der Waals surface area contributed by atoms with Gasteiger partial charge in [-0.2, -0.15) is 5.26 Å². The molecule has 0 bridgehead atoms. The van der Waals surface area contributed by atoms with Gasteiger partial charge in [-0.1, -0.05) is 18.2 Å². The zero-order valence-corrected chi connectivity index (χ0v) is 12.1. The number of nitriles is 1. The summed E-state index contributed by atoms with van der Waals surface area (Å²) < 4.78 is 5.57. The summed E-state index contributed by atoms with van der Waals surface area (Å²) in [5.74, 6) is -0.180. The predicted molar refractivity (Wildman–Crippen MR) is 83.9 cm³/mol. The Morgan fingerprint density at radius 3 is 2.91 bits per heavy atom. The number of nitrogens with one attached hydrogen (secondary N) is 2. The Morgan fingerprint density at radius 2 is 2.09 bits per heavy atom. The third kappa shape index (κ3) is 3.30. The number of benzene rings is 2. The lowest BCUT2D eigenvalue weighted by molar-refractivity contribution is -0.128. The lowest BCUT2D eigenvalue weighted by Crippen LogP contribution is -2.39. The van der Waals surface area contributed by atoms with Crippen LogP contribution >= 0.6 is 0 Å². The zero-order valence-electron chi connectivity index (χ0n) is 12.1. The molecule has 2 amide bonds. The van der Waals surface area contributed by atoms with Crippen molar-refractivity contribution in [2.24, 2.45) is 0 Å². The van der Waals surface area contributed by atoms with Crippen LogP contribution in [0.5, 0.6) is 5.75 Å². The fourth-order valence-corrected chi connectivity index (χ4v) is 2.27. The van der Waals surface area contributed by atoms with Gasteiger partial charge in [-0.05, 0) is 30.3 Å². The Kier molecular flexibility index (Phi) is 3.93. The van der Waals surface area contributed by atoms with Crippen LogP contribution in [-0.4, -0.2) is 17.9 Å². The number of carbonyl (C=O) groups is 2. The Morgan fingerprint density at radius 1 is 1.26 bits per heavy atom. The molecule has 6 heteroatoms. The summed E-state index contributed by atoms with van der Waals surface area (Å²) in [4.78, 5) is 24.1. The van der Waals surface area contributed by atoms with Gasteiger partial charge in [0.05, 0.1) is 23.7 Å². The molecule has 1 aliphatic heterocycles. The SMILES string of the molecule is N#Cc1cccc(NC(=O)C[C@@H]2Oc3ccccc3NC2=O)c1. The summed E-state index contributed by atoms with van der Waals surface area (Å²) in [6.07, 6.45) is -0.999. The van der Waals surface area contributed by atoms with E-state index in [1.54, 1.807) is 48.5 Å². The largest absolute Gasteiger partial charge is 0.478 e. The van der Waals surface area contributed by atoms with Crippen molar-refractivity contribution in [2.45, 2.75) is 12.5 Å². The molecular weight excluding hydrogens is 294 g/mol. The van der Waals surface area contributed by atoms with Gasteiger partial charge in [-0.25, -0.2) is 0 Å². The number of amides is 2. The molecule has 114 valence electrons. The van der Waals surface area contributed by atoms with Crippen LogP contribution in [0.3, 0.4) is 0 Å². The molecule has 0 radical (unpaired) electrons. The second-order valence-corrected chi connectivity index (χ2v) is 5.04. The monoisotopic (exact) mass is 307 g/mol. The zero-order chi connectivity index (χ0) is 16.2. The van der Waals surface area contributed by atoms with Crippen LogP contribution in [0.1, 0.15) is 12.0 Å². The molecule has 23 heavy (non-hydrogen) atoms. The first kappa shape index (κ1) is 14.6. The molecule has 2 N–H and O–H groups in total. The van der Waals surface area contributed by atoms with Crippen molar-refractivity contribution in [1.82, 2.24) is 0 Å². The maximum Gasteiger partial charge on any atom is 0.266 e. The van der Waals surface area contributed by atoms with Gasteiger partial charge in [-0.15, -0.1) is 0 Å². The number of fused-ring (bicyclic) bond motifs is 1. The van der Waals surface area contributed by atoms with E-state index in [0.29, 0.717) is 22.7 Å². The van der Waals surface area contributed by atoms with Crippen molar-refractivity contribution < 1.29 is 14.3 Å². The molecule has 0 fully saturated rings. The first-order valence-corrected chi connectivity index (χ1v) is 7.02. The smallest absolute Gasteiger partial charge is 0.266 e. The van der Waals surface area contributed by atoms with Crippen molar-refractivity contribution in [3.63, 3.8) is 0 Å². The summed E-state index contributed by atoms with van der Waals surface area (Å²) in [6, 6.07) is 15.6. The van der Waals surface area contributed by atoms with Crippen LogP contribution < -0.4 is 15.4 Å². The second kappa shape index (κ2) is 6.20. The van der Waals surface area contributed by atoms with Crippen LogP contribution in [0.2, 0.25) is 0 Å². The standard InChI is InChI=1S/C17H13N3O3/c18-10-11-4-3-5-12(8-11)19-16(21)9-15-17(22)20-13-6-1-2-7-14(13)23-15/h1-8,15H,9H2,(H,19,21)(H,20,22)/t15-/m0/s1. The van der Waals surface area contributed by atoms with Gasteiger partial charge in [0.25, 0.3) is 5.91 Å². The number of hydrogen-bond donors (Lipinski definition) is 2. The minimum atomic E-state index is -0.885. The van der Waals surface area contributed by atoms with E-state index in [0.717, 1.165) is 0 Å². The Labute approximate surface area is 132 Å². The number of anilines is 2. The first-order valence-electron chi connectivity index (χ1n) is 7.02. The van der Waals surface area contributed by atoms with E-state index in [2.05, 4.69) is 10.6 Å². The number of ether oxygens (including phenoxy) is 1. The highest BCUT2D eigenvalue weighted by Gasteiger charge is 2.29. The average molecular weight is 307 g/mol. The summed E-state index contributed by atoms with van der Waals surface area (Å²) in [5.41, 5.74) is 1.55. The van der Waals surface area contributed by atoms with Gasteiger partial charge in [0.15, 0.2) is 6.10 Å². The lowest BCUT2D eigenvalue weighted by atomic mass is 10.1. The van der Waals surface area contributed by atoms with E-state index in [9.17, 15) is 9.59 Å². The first-order chi connectivity index (χ1) is 11.2. The Balaban J connectivity index is 1.66. The number of rotatable bonds is 3. The predicted octanol–water partition coefficient (Wildman–Crippen LogP) is 2.29. The van der Waals surface area contributed by atoms with Gasteiger partial charge in [0.2, 0.25) is 5.91 Å². The summed E-state index contributed by atoms with van der Waals surface area (Å²) in [5, 5.41) is 14.2. The average Bonchev–Trinajstić information content (AvgIpc) is 2.55. The summed E-state index contributed by atoms with van der Waals surface area (Å²) >= 11 is 0. The van der Waals surface area contributed by atoms with Crippen molar-refractivity contribution >= 4 is 23.2 Å². The molecule has 2 aromatic carbocycles. The lowest BCUT2D eigenvalue weighted by Gasteiger charge is -2.25. The fourth-order valence-electron chi connectivity index (χ4n) is 2.27. The molecule has 0 saturated heterocycles. The number of para-hydroxylation sites is 2. The number of hydrogen-bond acceptors (Lipinski definition) is 4. The van der Waals surface area contributed by atoms with Gasteiger partial charge >= 0.3 is 0 Å². The van der Waals surface area contributed by atoms with E-state index in [-0.39, 0.29) is 18.2 Å². The van der Waals surface area contributed by atoms with E-state index >= 15 is 0 Å². The molecule has 1 heterocycles. The van der Waals surface area contributed by atoms with Crippen molar-refractivity contribution in [3.8, 4) is 11.8 Å². The van der Waals surface area contributed by atoms with Crippen LogP contribution in [-0.2, 0) is 9.59 Å². The summed E-state index contributed by atoms with van der Waals surface area (Å²) in [6.45, 7) is 0. The Bertz CT molecular complexity index is 811.